The lowest BCUT2D eigenvalue weighted by Crippen LogP contribution is -2.14. The van der Waals surface area contributed by atoms with Crippen molar-refractivity contribution in [1.29, 1.82) is 0 Å². The van der Waals surface area contributed by atoms with Crippen molar-refractivity contribution in [2.24, 2.45) is 0 Å². The summed E-state index contributed by atoms with van der Waals surface area (Å²) in [5.41, 5.74) is 4.06. The van der Waals surface area contributed by atoms with E-state index in [0.29, 0.717) is 10.9 Å². The highest BCUT2D eigenvalue weighted by molar-refractivity contribution is 6.30. The molecule has 0 saturated heterocycles. The average Bonchev–Trinajstić information content (AvgIpc) is 2.55. The first kappa shape index (κ1) is 12.7. The smallest absolute Gasteiger partial charge is 0.140 e. The third-order valence-electron chi connectivity index (χ3n) is 2.81. The number of hydrogen-bond acceptors (Lipinski definition) is 1. The van der Waals surface area contributed by atoms with E-state index in [1.165, 1.54) is 0 Å². The summed E-state index contributed by atoms with van der Waals surface area (Å²) in [5, 5.41) is 0.708. The maximum absolute atomic E-state index is 6.08. The second-order valence-corrected chi connectivity index (χ2v) is 6.03. The van der Waals surface area contributed by atoms with Crippen LogP contribution in [0.4, 0.5) is 0 Å². The van der Waals surface area contributed by atoms with Crippen molar-refractivity contribution in [2.75, 3.05) is 0 Å². The number of aromatic nitrogens is 2. The molecule has 92 valence electrons. The Balaban J connectivity index is 2.85. The van der Waals surface area contributed by atoms with Gasteiger partial charge in [0.2, 0.25) is 0 Å². The minimum absolute atomic E-state index is 0.0187. The zero-order chi connectivity index (χ0) is 12.8. The van der Waals surface area contributed by atoms with E-state index in [4.69, 9.17) is 28.2 Å². The topological polar surface area (TPSA) is 17.3 Å². The van der Waals surface area contributed by atoms with E-state index < -0.39 is 0 Å². The van der Waals surface area contributed by atoms with Crippen LogP contribution < -0.4 is 0 Å². The van der Waals surface area contributed by atoms with E-state index in [9.17, 15) is 0 Å². The third kappa shape index (κ3) is 2.16. The van der Waals surface area contributed by atoms with Gasteiger partial charge < -0.3 is 4.40 Å². The zero-order valence-corrected chi connectivity index (χ0v) is 12.0. The van der Waals surface area contributed by atoms with Crippen molar-refractivity contribution in [3.8, 4) is 0 Å². The fraction of sp³-hybridized carbons (Fsp3) is 0.462. The van der Waals surface area contributed by atoms with Gasteiger partial charge in [-0.2, -0.15) is 0 Å². The van der Waals surface area contributed by atoms with Gasteiger partial charge >= 0.3 is 0 Å². The molecule has 0 aliphatic carbocycles. The number of hydrogen-bond donors (Lipinski definition) is 0. The van der Waals surface area contributed by atoms with E-state index >= 15 is 0 Å². The standard InChI is InChI=1S/C13H16Cl2N2/c1-8-5-9(15)7-17-10(6-14)11(13(2,3)4)16-12(8)17/h5,7H,6H2,1-4H3. The van der Waals surface area contributed by atoms with E-state index in [1.807, 2.05) is 23.6 Å². The van der Waals surface area contributed by atoms with E-state index in [2.05, 4.69) is 20.8 Å². The highest BCUT2D eigenvalue weighted by Gasteiger charge is 2.23. The van der Waals surface area contributed by atoms with Crippen molar-refractivity contribution < 1.29 is 0 Å². The molecule has 0 atom stereocenters. The van der Waals surface area contributed by atoms with E-state index in [0.717, 1.165) is 22.6 Å². The van der Waals surface area contributed by atoms with Gasteiger partial charge in [-0.3, -0.25) is 0 Å². The molecule has 0 aromatic carbocycles. The molecular weight excluding hydrogens is 255 g/mol. The van der Waals surface area contributed by atoms with Gasteiger partial charge in [0.15, 0.2) is 0 Å². The lowest BCUT2D eigenvalue weighted by Gasteiger charge is -2.16. The molecule has 0 bridgehead atoms. The first-order valence-electron chi connectivity index (χ1n) is 5.58. The van der Waals surface area contributed by atoms with Crippen LogP contribution in [0.25, 0.3) is 5.65 Å². The number of rotatable bonds is 1. The summed E-state index contributed by atoms with van der Waals surface area (Å²) >= 11 is 12.1. The Kier molecular flexibility index (Phi) is 3.13. The molecule has 0 N–H and O–H groups in total. The van der Waals surface area contributed by atoms with Gasteiger partial charge in [0.25, 0.3) is 0 Å². The summed E-state index contributed by atoms with van der Waals surface area (Å²) in [6, 6.07) is 1.92. The van der Waals surface area contributed by atoms with Gasteiger partial charge in [0, 0.05) is 11.6 Å². The lowest BCUT2D eigenvalue weighted by molar-refractivity contribution is 0.567. The van der Waals surface area contributed by atoms with Crippen molar-refractivity contribution in [3.63, 3.8) is 0 Å². The number of pyridine rings is 1. The summed E-state index contributed by atoms with van der Waals surface area (Å²) < 4.78 is 2.01. The quantitative estimate of drug-likeness (QED) is 0.705. The second-order valence-electron chi connectivity index (χ2n) is 5.33. The van der Waals surface area contributed by atoms with Gasteiger partial charge in [-0.15, -0.1) is 11.6 Å². The Morgan fingerprint density at radius 3 is 2.53 bits per heavy atom. The molecule has 0 aliphatic heterocycles. The maximum Gasteiger partial charge on any atom is 0.140 e. The molecule has 0 radical (unpaired) electrons. The van der Waals surface area contributed by atoms with Gasteiger partial charge in [-0.1, -0.05) is 32.4 Å². The fourth-order valence-corrected chi connectivity index (χ4v) is 2.56. The van der Waals surface area contributed by atoms with Crippen molar-refractivity contribution in [2.45, 2.75) is 39.0 Å². The maximum atomic E-state index is 6.08. The number of aryl methyl sites for hydroxylation is 1. The summed E-state index contributed by atoms with van der Waals surface area (Å²) in [5.74, 6) is 0.438. The van der Waals surface area contributed by atoms with Crippen LogP contribution >= 0.6 is 23.2 Å². The predicted octanol–water partition coefficient (Wildman–Crippen LogP) is 4.33. The Morgan fingerprint density at radius 1 is 1.35 bits per heavy atom. The van der Waals surface area contributed by atoms with E-state index in [-0.39, 0.29) is 5.41 Å². The molecule has 0 saturated carbocycles. The van der Waals surface area contributed by atoms with Crippen LogP contribution in [0, 0.1) is 6.92 Å². The monoisotopic (exact) mass is 270 g/mol. The number of alkyl halides is 1. The summed E-state index contributed by atoms with van der Waals surface area (Å²) in [4.78, 5) is 4.72. The molecule has 17 heavy (non-hydrogen) atoms. The summed E-state index contributed by atoms with van der Waals surface area (Å²) in [7, 11) is 0. The fourth-order valence-electron chi connectivity index (χ4n) is 2.04. The molecule has 0 fully saturated rings. The first-order chi connectivity index (χ1) is 7.84. The highest BCUT2D eigenvalue weighted by Crippen LogP contribution is 2.29. The van der Waals surface area contributed by atoms with Crippen LogP contribution in [0.2, 0.25) is 5.02 Å². The van der Waals surface area contributed by atoms with Crippen molar-refractivity contribution in [3.05, 3.63) is 34.2 Å². The van der Waals surface area contributed by atoms with Gasteiger partial charge in [0.1, 0.15) is 5.65 Å². The Labute approximate surface area is 112 Å². The molecule has 2 aromatic rings. The predicted molar refractivity (Wildman–Crippen MR) is 73.2 cm³/mol. The number of halogens is 2. The van der Waals surface area contributed by atoms with Crippen LogP contribution in [-0.2, 0) is 11.3 Å². The second kappa shape index (κ2) is 4.18. The van der Waals surface area contributed by atoms with Crippen LogP contribution in [0.5, 0.6) is 0 Å². The molecule has 2 nitrogen and oxygen atoms in total. The summed E-state index contributed by atoms with van der Waals surface area (Å²) in [6.07, 6.45) is 1.88. The highest BCUT2D eigenvalue weighted by atomic mass is 35.5. The summed E-state index contributed by atoms with van der Waals surface area (Å²) in [6.45, 7) is 8.43. The largest absolute Gasteiger partial charge is 0.301 e. The Hall–Kier alpha value is -0.730. The molecule has 0 spiro atoms. The number of imidazole rings is 1. The first-order valence-corrected chi connectivity index (χ1v) is 6.49. The molecule has 2 rings (SSSR count). The molecule has 0 amide bonds. The van der Waals surface area contributed by atoms with Crippen LogP contribution in [0.3, 0.4) is 0 Å². The van der Waals surface area contributed by atoms with E-state index in [1.54, 1.807) is 0 Å². The minimum Gasteiger partial charge on any atom is -0.301 e. The number of nitrogens with zero attached hydrogens (tertiary/aromatic N) is 2. The normalized spacial score (nSPS) is 12.4. The zero-order valence-electron chi connectivity index (χ0n) is 10.5. The SMILES string of the molecule is Cc1cc(Cl)cn2c(CCl)c(C(C)(C)C)nc12. The average molecular weight is 271 g/mol. The Morgan fingerprint density at radius 2 is 2.00 bits per heavy atom. The Bertz CT molecular complexity index is 565. The lowest BCUT2D eigenvalue weighted by atomic mass is 9.91. The van der Waals surface area contributed by atoms with Crippen molar-refractivity contribution >= 4 is 28.8 Å². The minimum atomic E-state index is -0.0187. The molecule has 0 aliphatic rings. The van der Waals surface area contributed by atoms with Crippen LogP contribution in [0.15, 0.2) is 12.3 Å². The molecular formula is C13H16Cl2N2. The molecule has 2 heterocycles. The molecule has 2 aromatic heterocycles. The van der Waals surface area contributed by atoms with Gasteiger partial charge in [0.05, 0.1) is 22.3 Å². The number of fused-ring (bicyclic) bond motifs is 1. The van der Waals surface area contributed by atoms with Gasteiger partial charge in [-0.05, 0) is 18.6 Å². The van der Waals surface area contributed by atoms with Crippen molar-refractivity contribution in [1.82, 2.24) is 9.38 Å². The van der Waals surface area contributed by atoms with Gasteiger partial charge in [-0.25, -0.2) is 4.98 Å². The van der Waals surface area contributed by atoms with Crippen LogP contribution in [-0.4, -0.2) is 9.38 Å². The third-order valence-corrected chi connectivity index (χ3v) is 3.27. The van der Waals surface area contributed by atoms with Crippen LogP contribution in [0.1, 0.15) is 37.7 Å². The molecule has 4 heteroatoms. The molecule has 0 unspecified atom stereocenters.